The van der Waals surface area contributed by atoms with Crippen LogP contribution >= 0.6 is 0 Å². The third-order valence-electron chi connectivity index (χ3n) is 4.29. The summed E-state index contributed by atoms with van der Waals surface area (Å²) in [5, 5.41) is 0. The molecule has 0 spiro atoms. The van der Waals surface area contributed by atoms with E-state index in [1.165, 1.54) is 52.6 Å². The normalized spacial score (nSPS) is 10.7. The minimum atomic E-state index is 1.18. The van der Waals surface area contributed by atoms with E-state index in [1.54, 1.807) is 0 Å². The van der Waals surface area contributed by atoms with Crippen LogP contribution in [0.25, 0.3) is 22.3 Å². The van der Waals surface area contributed by atoms with Crippen LogP contribution < -0.4 is 0 Å². The highest BCUT2D eigenvalue weighted by molar-refractivity contribution is 5.74. The summed E-state index contributed by atoms with van der Waals surface area (Å²) in [5.74, 6) is 0. The average Bonchev–Trinajstić information content (AvgIpc) is 2.60. The van der Waals surface area contributed by atoms with Gasteiger partial charge >= 0.3 is 0 Å². The van der Waals surface area contributed by atoms with Crippen molar-refractivity contribution in [2.24, 2.45) is 0 Å². The van der Waals surface area contributed by atoms with E-state index in [1.807, 2.05) is 0 Å². The number of hydrogen-bond acceptors (Lipinski definition) is 0. The fraction of sp³-hybridized carbons (Fsp3) is 0.217. The van der Waals surface area contributed by atoms with E-state index in [-0.39, 0.29) is 0 Å². The Morgan fingerprint density at radius 2 is 1.26 bits per heavy atom. The molecule has 0 amide bonds. The Balaban J connectivity index is 1.92. The van der Waals surface area contributed by atoms with E-state index in [9.17, 15) is 0 Å². The van der Waals surface area contributed by atoms with Crippen molar-refractivity contribution < 1.29 is 0 Å². The smallest absolute Gasteiger partial charge is 0.0175 e. The molecule has 0 aliphatic heterocycles. The standard InChI is InChI=1S/C23H24/c1-3-4-8-19-11-13-21(14-12-19)23-16-18(2)15-22(17-23)20-9-6-5-7-10-20/h5-7,9-17H,3-4,8H2,1-2H3. The quantitative estimate of drug-likeness (QED) is 0.493. The third kappa shape index (κ3) is 3.90. The van der Waals surface area contributed by atoms with Gasteiger partial charge in [0.2, 0.25) is 0 Å². The van der Waals surface area contributed by atoms with Crippen LogP contribution in [0.3, 0.4) is 0 Å². The van der Waals surface area contributed by atoms with Crippen LogP contribution in [0.4, 0.5) is 0 Å². The van der Waals surface area contributed by atoms with Gasteiger partial charge in [0.1, 0.15) is 0 Å². The van der Waals surface area contributed by atoms with Crippen molar-refractivity contribution in [2.75, 3.05) is 0 Å². The van der Waals surface area contributed by atoms with Gasteiger partial charge in [-0.15, -0.1) is 0 Å². The minimum absolute atomic E-state index is 1.18. The molecule has 3 rings (SSSR count). The average molecular weight is 300 g/mol. The second-order valence-corrected chi connectivity index (χ2v) is 6.25. The maximum Gasteiger partial charge on any atom is -0.0175 e. The van der Waals surface area contributed by atoms with Crippen molar-refractivity contribution in [3.63, 3.8) is 0 Å². The molecule has 0 atom stereocenters. The van der Waals surface area contributed by atoms with E-state index in [0.29, 0.717) is 0 Å². The predicted octanol–water partition coefficient (Wildman–Crippen LogP) is 6.67. The summed E-state index contributed by atoms with van der Waals surface area (Å²) < 4.78 is 0. The first-order chi connectivity index (χ1) is 11.3. The molecule has 0 bridgehead atoms. The Labute approximate surface area is 139 Å². The van der Waals surface area contributed by atoms with Gasteiger partial charge in [-0.2, -0.15) is 0 Å². The van der Waals surface area contributed by atoms with E-state index in [4.69, 9.17) is 0 Å². The Morgan fingerprint density at radius 1 is 0.652 bits per heavy atom. The monoisotopic (exact) mass is 300 g/mol. The van der Waals surface area contributed by atoms with Gasteiger partial charge in [0.15, 0.2) is 0 Å². The molecule has 0 radical (unpaired) electrons. The highest BCUT2D eigenvalue weighted by atomic mass is 14.1. The molecule has 0 heteroatoms. The van der Waals surface area contributed by atoms with Crippen LogP contribution in [0.5, 0.6) is 0 Å². The van der Waals surface area contributed by atoms with Gasteiger partial charge in [0.05, 0.1) is 0 Å². The molecule has 0 N–H and O–H groups in total. The number of unbranched alkanes of at least 4 members (excludes halogenated alkanes) is 1. The molecule has 0 fully saturated rings. The summed E-state index contributed by atoms with van der Waals surface area (Å²) >= 11 is 0. The first kappa shape index (κ1) is 15.6. The molecule has 0 unspecified atom stereocenters. The van der Waals surface area contributed by atoms with E-state index < -0.39 is 0 Å². The first-order valence-electron chi connectivity index (χ1n) is 8.52. The Bertz CT molecular complexity index is 752. The molecular weight excluding hydrogens is 276 g/mol. The second kappa shape index (κ2) is 7.28. The highest BCUT2D eigenvalue weighted by Gasteiger charge is 2.04. The van der Waals surface area contributed by atoms with Crippen LogP contribution in [-0.2, 0) is 6.42 Å². The maximum absolute atomic E-state index is 2.30. The lowest BCUT2D eigenvalue weighted by molar-refractivity contribution is 0.795. The lowest BCUT2D eigenvalue weighted by Gasteiger charge is -2.09. The minimum Gasteiger partial charge on any atom is -0.0654 e. The van der Waals surface area contributed by atoms with E-state index >= 15 is 0 Å². The van der Waals surface area contributed by atoms with Crippen molar-refractivity contribution in [1.29, 1.82) is 0 Å². The molecular formula is C23H24. The van der Waals surface area contributed by atoms with Crippen molar-refractivity contribution in [3.05, 3.63) is 83.9 Å². The zero-order valence-electron chi connectivity index (χ0n) is 14.0. The molecule has 0 nitrogen and oxygen atoms in total. The van der Waals surface area contributed by atoms with Crippen molar-refractivity contribution in [1.82, 2.24) is 0 Å². The molecule has 116 valence electrons. The molecule has 0 aliphatic rings. The number of benzene rings is 3. The molecule has 0 heterocycles. The van der Waals surface area contributed by atoms with Gasteiger partial charge in [0, 0.05) is 0 Å². The third-order valence-corrected chi connectivity index (χ3v) is 4.29. The van der Waals surface area contributed by atoms with Crippen molar-refractivity contribution in [3.8, 4) is 22.3 Å². The molecule has 0 aliphatic carbocycles. The highest BCUT2D eigenvalue weighted by Crippen LogP contribution is 2.28. The summed E-state index contributed by atoms with van der Waals surface area (Å²) in [6.45, 7) is 4.41. The topological polar surface area (TPSA) is 0 Å². The Morgan fingerprint density at radius 3 is 1.87 bits per heavy atom. The number of aryl methyl sites for hydroxylation is 2. The van der Waals surface area contributed by atoms with Crippen LogP contribution in [0.1, 0.15) is 30.9 Å². The molecule has 3 aromatic carbocycles. The summed E-state index contributed by atoms with van der Waals surface area (Å²) in [4.78, 5) is 0. The van der Waals surface area contributed by atoms with Gasteiger partial charge in [-0.05, 0) is 59.2 Å². The molecule has 0 aromatic heterocycles. The Kier molecular flexibility index (Phi) is 4.92. The van der Waals surface area contributed by atoms with Crippen LogP contribution in [-0.4, -0.2) is 0 Å². The molecule has 0 saturated carbocycles. The van der Waals surface area contributed by atoms with Crippen LogP contribution in [0, 0.1) is 6.92 Å². The molecule has 23 heavy (non-hydrogen) atoms. The lowest BCUT2D eigenvalue weighted by Crippen LogP contribution is -1.87. The zero-order chi connectivity index (χ0) is 16.1. The molecule has 3 aromatic rings. The van der Waals surface area contributed by atoms with Gasteiger partial charge in [-0.1, -0.05) is 80.1 Å². The van der Waals surface area contributed by atoms with Crippen molar-refractivity contribution >= 4 is 0 Å². The van der Waals surface area contributed by atoms with E-state index in [0.717, 1.165) is 0 Å². The van der Waals surface area contributed by atoms with Gasteiger partial charge in [-0.25, -0.2) is 0 Å². The fourth-order valence-corrected chi connectivity index (χ4v) is 2.99. The van der Waals surface area contributed by atoms with Crippen molar-refractivity contribution in [2.45, 2.75) is 33.1 Å². The van der Waals surface area contributed by atoms with Crippen LogP contribution in [0.2, 0.25) is 0 Å². The summed E-state index contributed by atoms with van der Waals surface area (Å²) in [7, 11) is 0. The van der Waals surface area contributed by atoms with Crippen LogP contribution in [0.15, 0.2) is 72.8 Å². The molecule has 0 saturated heterocycles. The summed E-state index contributed by atoms with van der Waals surface area (Å²) in [6, 6.07) is 26.5. The lowest BCUT2D eigenvalue weighted by atomic mass is 9.95. The van der Waals surface area contributed by atoms with Gasteiger partial charge in [0.25, 0.3) is 0 Å². The summed E-state index contributed by atoms with van der Waals surface area (Å²) in [6.07, 6.45) is 3.70. The summed E-state index contributed by atoms with van der Waals surface area (Å²) in [5.41, 5.74) is 7.90. The van der Waals surface area contributed by atoms with Gasteiger partial charge in [-0.3, -0.25) is 0 Å². The second-order valence-electron chi connectivity index (χ2n) is 6.25. The fourth-order valence-electron chi connectivity index (χ4n) is 2.99. The predicted molar refractivity (Wildman–Crippen MR) is 101 cm³/mol. The van der Waals surface area contributed by atoms with Gasteiger partial charge < -0.3 is 0 Å². The number of rotatable bonds is 5. The zero-order valence-corrected chi connectivity index (χ0v) is 14.0. The first-order valence-corrected chi connectivity index (χ1v) is 8.52. The maximum atomic E-state index is 2.30. The number of hydrogen-bond donors (Lipinski definition) is 0. The van der Waals surface area contributed by atoms with E-state index in [2.05, 4.69) is 86.6 Å². The largest absolute Gasteiger partial charge is 0.0654 e. The Hall–Kier alpha value is -2.34. The SMILES string of the molecule is CCCCc1ccc(-c2cc(C)cc(-c3ccccc3)c2)cc1.